The highest BCUT2D eigenvalue weighted by Crippen LogP contribution is 2.38. The third-order valence-electron chi connectivity index (χ3n) is 3.53. The zero-order chi connectivity index (χ0) is 16.6. The lowest BCUT2D eigenvalue weighted by molar-refractivity contribution is -0.0436. The van der Waals surface area contributed by atoms with Crippen LogP contribution in [0.4, 0.5) is 10.2 Å². The molecule has 23 heavy (non-hydrogen) atoms. The van der Waals surface area contributed by atoms with Gasteiger partial charge in [0.05, 0.1) is 12.9 Å². The molecule has 12 heteroatoms. The SMILES string of the molecule is CNc1ncnc2c1ncn2[C@@H]1O[C@H](CO)C(O[P+](=O)O)C1F. The molecule has 10 nitrogen and oxygen atoms in total. The van der Waals surface area contributed by atoms with Crippen LogP contribution in [0.5, 0.6) is 0 Å². The Hall–Kier alpha value is -1.78. The molecular formula is C11H14FN5O5P+. The van der Waals surface area contributed by atoms with Crippen molar-refractivity contribution in [3.8, 4) is 0 Å². The van der Waals surface area contributed by atoms with Gasteiger partial charge in [-0.2, -0.15) is 0 Å². The van der Waals surface area contributed by atoms with Gasteiger partial charge in [0.15, 0.2) is 30.0 Å². The van der Waals surface area contributed by atoms with Crippen LogP contribution in [-0.4, -0.2) is 61.6 Å². The van der Waals surface area contributed by atoms with Crippen molar-refractivity contribution in [2.24, 2.45) is 0 Å². The van der Waals surface area contributed by atoms with Gasteiger partial charge in [-0.3, -0.25) is 4.57 Å². The fourth-order valence-electron chi connectivity index (χ4n) is 2.52. The lowest BCUT2D eigenvalue weighted by Crippen LogP contribution is -2.32. The number of rotatable bonds is 5. The number of fused-ring (bicyclic) bond motifs is 1. The maximum Gasteiger partial charge on any atom is 0.695 e. The second kappa shape index (κ2) is 6.38. The molecule has 3 unspecified atom stereocenters. The number of alkyl halides is 1. The van der Waals surface area contributed by atoms with E-state index in [4.69, 9.17) is 9.63 Å². The van der Waals surface area contributed by atoms with Gasteiger partial charge in [0, 0.05) is 11.6 Å². The predicted molar refractivity (Wildman–Crippen MR) is 75.5 cm³/mol. The minimum atomic E-state index is -3.03. The molecule has 2 aromatic heterocycles. The van der Waals surface area contributed by atoms with Crippen LogP contribution in [-0.2, 0) is 13.8 Å². The smallest absolute Gasteiger partial charge is 0.394 e. The van der Waals surface area contributed by atoms with Crippen molar-refractivity contribution < 1.29 is 28.2 Å². The number of hydrogen-bond acceptors (Lipinski definition) is 8. The molecule has 0 spiro atoms. The monoisotopic (exact) mass is 346 g/mol. The summed E-state index contributed by atoms with van der Waals surface area (Å²) in [6.07, 6.45) is -2.82. The minimum absolute atomic E-state index is 0.322. The molecule has 0 aliphatic carbocycles. The van der Waals surface area contributed by atoms with E-state index in [1.165, 1.54) is 17.2 Å². The fourth-order valence-corrected chi connectivity index (χ4v) is 2.98. The molecule has 1 fully saturated rings. The van der Waals surface area contributed by atoms with E-state index >= 15 is 0 Å². The average molecular weight is 346 g/mol. The molecule has 2 aromatic rings. The minimum Gasteiger partial charge on any atom is -0.394 e. The molecule has 1 aliphatic rings. The largest absolute Gasteiger partial charge is 0.695 e. The van der Waals surface area contributed by atoms with Gasteiger partial charge in [0.25, 0.3) is 0 Å². The van der Waals surface area contributed by atoms with Crippen molar-refractivity contribution in [1.82, 2.24) is 19.5 Å². The summed E-state index contributed by atoms with van der Waals surface area (Å²) in [5.74, 6) is 0.465. The highest BCUT2D eigenvalue weighted by Gasteiger charge is 2.51. The van der Waals surface area contributed by atoms with Crippen molar-refractivity contribution in [2.45, 2.75) is 24.6 Å². The van der Waals surface area contributed by atoms with E-state index in [0.717, 1.165) is 0 Å². The molecule has 3 N–H and O–H groups in total. The summed E-state index contributed by atoms with van der Waals surface area (Å²) in [5.41, 5.74) is 0.742. The Morgan fingerprint density at radius 3 is 2.96 bits per heavy atom. The summed E-state index contributed by atoms with van der Waals surface area (Å²) in [6, 6.07) is 0. The second-order valence-electron chi connectivity index (χ2n) is 4.80. The molecule has 1 saturated heterocycles. The maximum absolute atomic E-state index is 14.6. The molecule has 0 bridgehead atoms. The first-order chi connectivity index (χ1) is 11.1. The Balaban J connectivity index is 1.97. The van der Waals surface area contributed by atoms with Gasteiger partial charge >= 0.3 is 8.25 Å². The van der Waals surface area contributed by atoms with Gasteiger partial charge < -0.3 is 15.2 Å². The summed E-state index contributed by atoms with van der Waals surface area (Å²) in [6.45, 7) is -0.561. The first kappa shape index (κ1) is 16.1. The van der Waals surface area contributed by atoms with Crippen LogP contribution in [0, 0.1) is 0 Å². The summed E-state index contributed by atoms with van der Waals surface area (Å²) < 4.78 is 36.8. The van der Waals surface area contributed by atoms with E-state index < -0.39 is 39.5 Å². The zero-order valence-corrected chi connectivity index (χ0v) is 12.8. The molecule has 3 heterocycles. The number of nitrogens with zero attached hydrogens (tertiary/aromatic N) is 4. The Morgan fingerprint density at radius 2 is 2.30 bits per heavy atom. The Morgan fingerprint density at radius 1 is 1.52 bits per heavy atom. The summed E-state index contributed by atoms with van der Waals surface area (Å²) in [7, 11) is -1.37. The van der Waals surface area contributed by atoms with Crippen molar-refractivity contribution in [2.75, 3.05) is 19.0 Å². The van der Waals surface area contributed by atoms with Gasteiger partial charge in [-0.1, -0.05) is 0 Å². The van der Waals surface area contributed by atoms with Gasteiger partial charge in [-0.05, 0) is 0 Å². The van der Waals surface area contributed by atoms with Crippen LogP contribution >= 0.6 is 8.25 Å². The Labute approximate surface area is 130 Å². The van der Waals surface area contributed by atoms with Crippen LogP contribution < -0.4 is 5.32 Å². The molecule has 5 atom stereocenters. The fraction of sp³-hybridized carbons (Fsp3) is 0.545. The number of hydrogen-bond donors (Lipinski definition) is 3. The van der Waals surface area contributed by atoms with Crippen LogP contribution in [0.1, 0.15) is 6.23 Å². The molecule has 3 rings (SSSR count). The molecule has 0 aromatic carbocycles. The van der Waals surface area contributed by atoms with Crippen LogP contribution in [0.25, 0.3) is 11.2 Å². The molecule has 0 saturated carbocycles. The van der Waals surface area contributed by atoms with Crippen LogP contribution in [0.15, 0.2) is 12.7 Å². The molecule has 124 valence electrons. The van der Waals surface area contributed by atoms with E-state index in [0.29, 0.717) is 17.0 Å². The van der Waals surface area contributed by atoms with Crippen molar-refractivity contribution in [3.05, 3.63) is 12.7 Å². The molecule has 1 aliphatic heterocycles. The number of aromatic nitrogens is 4. The van der Waals surface area contributed by atoms with Crippen molar-refractivity contribution in [1.29, 1.82) is 0 Å². The number of imidazole rings is 1. The first-order valence-corrected chi connectivity index (χ1v) is 7.78. The number of aliphatic hydroxyl groups excluding tert-OH is 1. The highest BCUT2D eigenvalue weighted by molar-refractivity contribution is 7.32. The quantitative estimate of drug-likeness (QED) is 0.646. The van der Waals surface area contributed by atoms with E-state index in [2.05, 4.69) is 24.8 Å². The first-order valence-electron chi connectivity index (χ1n) is 6.65. The lowest BCUT2D eigenvalue weighted by Gasteiger charge is -2.14. The predicted octanol–water partition coefficient (Wildman–Crippen LogP) is 0.131. The summed E-state index contributed by atoms with van der Waals surface area (Å²) >= 11 is 0. The standard InChI is InChI=1S/C11H13FN5O5P/c1-13-9-7-10(15-3-14-9)17(4-16-7)11-6(12)8(22-23(19)20)5(2-18)21-11/h3-6,8,11,18H,2H2,1H3,(H-,13,14,15,19,20)/p+1/t5-,6?,8?,11-/m1/s1. The van der Waals surface area contributed by atoms with Crippen LogP contribution in [0.3, 0.4) is 0 Å². The van der Waals surface area contributed by atoms with Gasteiger partial charge in [-0.25, -0.2) is 19.3 Å². The molecule has 0 amide bonds. The maximum atomic E-state index is 14.6. The molecular weight excluding hydrogens is 332 g/mol. The van der Waals surface area contributed by atoms with Gasteiger partial charge in [-0.15, -0.1) is 9.42 Å². The van der Waals surface area contributed by atoms with E-state index in [1.807, 2.05) is 0 Å². The number of halogens is 1. The number of anilines is 1. The van der Waals surface area contributed by atoms with Crippen molar-refractivity contribution >= 4 is 25.2 Å². The zero-order valence-electron chi connectivity index (χ0n) is 11.9. The third-order valence-corrected chi connectivity index (χ3v) is 3.95. The van der Waals surface area contributed by atoms with E-state index in [1.54, 1.807) is 7.05 Å². The Bertz CT molecular complexity index is 730. The topological polar surface area (TPSA) is 132 Å². The highest BCUT2D eigenvalue weighted by atomic mass is 31.1. The second-order valence-corrected chi connectivity index (χ2v) is 5.48. The number of ether oxygens (including phenoxy) is 1. The normalized spacial score (nSPS) is 28.3. The Kier molecular flexibility index (Phi) is 4.46. The average Bonchev–Trinajstić information content (AvgIpc) is 3.09. The van der Waals surface area contributed by atoms with E-state index in [-0.39, 0.29) is 0 Å². The van der Waals surface area contributed by atoms with Crippen molar-refractivity contribution in [3.63, 3.8) is 0 Å². The van der Waals surface area contributed by atoms with E-state index in [9.17, 15) is 14.1 Å². The van der Waals surface area contributed by atoms with Crippen LogP contribution in [0.2, 0.25) is 0 Å². The lowest BCUT2D eigenvalue weighted by atomic mass is 10.1. The molecule has 0 radical (unpaired) electrons. The summed E-state index contributed by atoms with van der Waals surface area (Å²) in [4.78, 5) is 21.0. The van der Waals surface area contributed by atoms with Gasteiger partial charge in [0.2, 0.25) is 0 Å². The van der Waals surface area contributed by atoms with Gasteiger partial charge in [0.1, 0.15) is 17.9 Å². The number of aliphatic hydroxyl groups is 1. The number of nitrogens with one attached hydrogen (secondary N) is 1. The third kappa shape index (κ3) is 2.77. The summed E-state index contributed by atoms with van der Waals surface area (Å²) in [5, 5.41) is 12.1.